The lowest BCUT2D eigenvalue weighted by atomic mass is 9.64. The van der Waals surface area contributed by atoms with Crippen LogP contribution in [0.1, 0.15) is 47.2 Å². The van der Waals surface area contributed by atoms with E-state index in [0.717, 1.165) is 33.3 Å². The average Bonchev–Trinajstić information content (AvgIpc) is 3.82. The van der Waals surface area contributed by atoms with E-state index in [1.54, 1.807) is 0 Å². The van der Waals surface area contributed by atoms with Crippen LogP contribution in [0.5, 0.6) is 0 Å². The number of nitrogens with zero attached hydrogens (tertiary/aromatic N) is 1. The number of rotatable bonds is 2. The van der Waals surface area contributed by atoms with Crippen LogP contribution in [0, 0.1) is 0 Å². The normalized spacial score (nSPS) is 15.1. The molecular formula is C52H35NO. The van der Waals surface area contributed by atoms with Gasteiger partial charge in [-0.2, -0.15) is 0 Å². The van der Waals surface area contributed by atoms with Gasteiger partial charge >= 0.3 is 0 Å². The monoisotopic (exact) mass is 689 g/mol. The number of hydrogen-bond acceptors (Lipinski definition) is 2. The van der Waals surface area contributed by atoms with Crippen molar-refractivity contribution in [3.05, 3.63) is 209 Å². The quantitative estimate of drug-likeness (QED) is 0.180. The second kappa shape index (κ2) is 10.5. The maximum Gasteiger partial charge on any atom is 0.142 e. The molecule has 0 atom stereocenters. The van der Waals surface area contributed by atoms with Gasteiger partial charge in [0.15, 0.2) is 0 Å². The second-order valence-electron chi connectivity index (χ2n) is 15.6. The third-order valence-electron chi connectivity index (χ3n) is 12.7. The Morgan fingerprint density at radius 1 is 0.426 bits per heavy atom. The van der Waals surface area contributed by atoms with Gasteiger partial charge in [0.05, 0.1) is 16.8 Å². The van der Waals surface area contributed by atoms with Gasteiger partial charge in [0, 0.05) is 27.4 Å². The fourth-order valence-corrected chi connectivity index (χ4v) is 10.3. The van der Waals surface area contributed by atoms with Crippen LogP contribution < -0.4 is 4.90 Å². The van der Waals surface area contributed by atoms with E-state index < -0.39 is 5.41 Å². The highest BCUT2D eigenvalue weighted by molar-refractivity contribution is 6.11. The summed E-state index contributed by atoms with van der Waals surface area (Å²) in [4.78, 5) is 2.46. The van der Waals surface area contributed by atoms with E-state index in [9.17, 15) is 0 Å². The van der Waals surface area contributed by atoms with E-state index in [1.807, 2.05) is 0 Å². The van der Waals surface area contributed by atoms with Crippen molar-refractivity contribution in [3.63, 3.8) is 0 Å². The molecule has 0 N–H and O–H groups in total. The molecule has 3 aliphatic rings. The first-order chi connectivity index (χ1) is 26.5. The highest BCUT2D eigenvalue weighted by atomic mass is 16.3. The second-order valence-corrected chi connectivity index (χ2v) is 15.6. The highest BCUT2D eigenvalue weighted by Crippen LogP contribution is 2.65. The lowest BCUT2D eigenvalue weighted by molar-refractivity contribution is 0.646. The van der Waals surface area contributed by atoms with Crippen molar-refractivity contribution in [2.75, 3.05) is 4.90 Å². The standard InChI is InChI=1S/C52H35NO/c1-51(2)41-17-7-3-13-35(41)38-28-25-33(31-45(38)51)32-23-26-34(27-24-32)53-46-21-11-10-20-44(46)52(42-18-8-4-14-36(42)37-15-5-9-19-43(37)52)49-47(53)30-29-40-39-16-6-12-22-48(39)54-50(40)49/h3-31H,1-2H3. The van der Waals surface area contributed by atoms with Gasteiger partial charge in [-0.15, -0.1) is 0 Å². The molecule has 54 heavy (non-hydrogen) atoms. The Morgan fingerprint density at radius 3 is 1.74 bits per heavy atom. The number of para-hydroxylation sites is 2. The van der Waals surface area contributed by atoms with E-state index in [1.165, 1.54) is 72.4 Å². The number of hydrogen-bond donors (Lipinski definition) is 0. The van der Waals surface area contributed by atoms with E-state index >= 15 is 0 Å². The molecule has 1 spiro atoms. The average molecular weight is 690 g/mol. The molecule has 2 heterocycles. The van der Waals surface area contributed by atoms with Gasteiger partial charge in [0.1, 0.15) is 11.2 Å². The maximum atomic E-state index is 6.99. The molecule has 1 aliphatic heterocycles. The molecule has 8 aromatic carbocycles. The summed E-state index contributed by atoms with van der Waals surface area (Å²) in [6.07, 6.45) is 0. The van der Waals surface area contributed by atoms with Gasteiger partial charge in [-0.3, -0.25) is 0 Å². The molecule has 12 rings (SSSR count). The van der Waals surface area contributed by atoms with Gasteiger partial charge in [-0.05, 0) is 104 Å². The summed E-state index contributed by atoms with van der Waals surface area (Å²) < 4.78 is 6.99. The van der Waals surface area contributed by atoms with Crippen molar-refractivity contribution < 1.29 is 4.42 Å². The predicted molar refractivity (Wildman–Crippen MR) is 222 cm³/mol. The van der Waals surface area contributed by atoms with E-state index in [0.29, 0.717) is 0 Å². The molecule has 0 unspecified atom stereocenters. The Hall–Kier alpha value is -6.64. The third kappa shape index (κ3) is 3.65. The van der Waals surface area contributed by atoms with Crippen LogP contribution in [-0.2, 0) is 10.8 Å². The molecule has 0 radical (unpaired) electrons. The Balaban J connectivity index is 1.09. The first-order valence-corrected chi connectivity index (χ1v) is 18.9. The zero-order valence-electron chi connectivity index (χ0n) is 30.1. The summed E-state index contributed by atoms with van der Waals surface area (Å²) in [7, 11) is 0. The summed E-state index contributed by atoms with van der Waals surface area (Å²) in [5.74, 6) is 0. The SMILES string of the molecule is CC1(C)c2ccccc2-c2ccc(-c3ccc(N4c5ccccc5C5(c6ccccc6-c6ccccc65)c5c4ccc4c5oc5ccccc54)cc3)cc21. The number of anilines is 3. The predicted octanol–water partition coefficient (Wildman–Crippen LogP) is 13.7. The first kappa shape index (κ1) is 29.9. The summed E-state index contributed by atoms with van der Waals surface area (Å²) >= 11 is 0. The van der Waals surface area contributed by atoms with Crippen LogP contribution >= 0.6 is 0 Å². The molecular weight excluding hydrogens is 655 g/mol. The maximum absolute atomic E-state index is 6.99. The van der Waals surface area contributed by atoms with Crippen molar-refractivity contribution >= 4 is 39.0 Å². The largest absolute Gasteiger partial charge is 0.456 e. The van der Waals surface area contributed by atoms with Crippen LogP contribution in [0.4, 0.5) is 17.1 Å². The zero-order valence-corrected chi connectivity index (χ0v) is 30.1. The zero-order chi connectivity index (χ0) is 35.8. The van der Waals surface area contributed by atoms with Crippen LogP contribution in [0.3, 0.4) is 0 Å². The molecule has 2 nitrogen and oxygen atoms in total. The fourth-order valence-electron chi connectivity index (χ4n) is 10.3. The number of benzene rings is 8. The molecule has 2 aliphatic carbocycles. The van der Waals surface area contributed by atoms with Crippen LogP contribution in [0.15, 0.2) is 180 Å². The van der Waals surface area contributed by atoms with Crippen LogP contribution in [0.25, 0.3) is 55.3 Å². The fraction of sp³-hybridized carbons (Fsp3) is 0.0769. The van der Waals surface area contributed by atoms with Gasteiger partial charge in [0.2, 0.25) is 0 Å². The molecule has 9 aromatic rings. The Morgan fingerprint density at radius 2 is 1.00 bits per heavy atom. The Labute approximate surface area is 314 Å². The van der Waals surface area contributed by atoms with E-state index in [4.69, 9.17) is 4.42 Å². The van der Waals surface area contributed by atoms with Gasteiger partial charge in [-0.25, -0.2) is 0 Å². The topological polar surface area (TPSA) is 16.4 Å². The van der Waals surface area contributed by atoms with Crippen LogP contribution in [0.2, 0.25) is 0 Å². The Bertz CT molecular complexity index is 2990. The molecule has 0 saturated carbocycles. The lowest BCUT2D eigenvalue weighted by Gasteiger charge is -2.44. The van der Waals surface area contributed by atoms with E-state index in [2.05, 4.69) is 195 Å². The summed E-state index contributed by atoms with van der Waals surface area (Å²) in [6, 6.07) is 65.0. The third-order valence-corrected chi connectivity index (χ3v) is 12.7. The number of fused-ring (bicyclic) bond motifs is 16. The molecule has 0 saturated heterocycles. The molecule has 0 fully saturated rings. The molecule has 254 valence electrons. The van der Waals surface area contributed by atoms with Crippen molar-refractivity contribution in [3.8, 4) is 33.4 Å². The van der Waals surface area contributed by atoms with Crippen molar-refractivity contribution in [1.82, 2.24) is 0 Å². The van der Waals surface area contributed by atoms with Crippen molar-refractivity contribution in [1.29, 1.82) is 0 Å². The molecule has 0 amide bonds. The molecule has 1 aromatic heterocycles. The number of furan rings is 1. The molecule has 0 bridgehead atoms. The minimum atomic E-state index is -0.572. The highest BCUT2D eigenvalue weighted by Gasteiger charge is 2.53. The van der Waals surface area contributed by atoms with Gasteiger partial charge in [-0.1, -0.05) is 147 Å². The van der Waals surface area contributed by atoms with Crippen LogP contribution in [-0.4, -0.2) is 0 Å². The first-order valence-electron chi connectivity index (χ1n) is 18.9. The summed E-state index contributed by atoms with van der Waals surface area (Å²) in [6.45, 7) is 4.70. The minimum absolute atomic E-state index is 0.0431. The summed E-state index contributed by atoms with van der Waals surface area (Å²) in [5, 5.41) is 2.28. The van der Waals surface area contributed by atoms with E-state index in [-0.39, 0.29) is 5.41 Å². The van der Waals surface area contributed by atoms with Crippen molar-refractivity contribution in [2.24, 2.45) is 0 Å². The molecule has 2 heteroatoms. The van der Waals surface area contributed by atoms with Gasteiger partial charge in [0.25, 0.3) is 0 Å². The minimum Gasteiger partial charge on any atom is -0.456 e. The van der Waals surface area contributed by atoms with Gasteiger partial charge < -0.3 is 9.32 Å². The smallest absolute Gasteiger partial charge is 0.142 e. The Kier molecular flexibility index (Phi) is 5.81. The lowest BCUT2D eigenvalue weighted by Crippen LogP contribution is -2.36. The van der Waals surface area contributed by atoms with Crippen molar-refractivity contribution in [2.45, 2.75) is 24.7 Å². The summed E-state index contributed by atoms with van der Waals surface area (Å²) in [5.41, 5.74) is 20.2.